The number of thioether (sulfide) groups is 1. The molecule has 0 radical (unpaired) electrons. The Balaban J connectivity index is 1.65. The highest BCUT2D eigenvalue weighted by atomic mass is 35.5. The lowest BCUT2D eigenvalue weighted by Gasteiger charge is -2.16. The molecule has 3 aromatic rings. The van der Waals surface area contributed by atoms with Crippen molar-refractivity contribution in [2.75, 3.05) is 11.1 Å². The second-order valence-electron chi connectivity index (χ2n) is 6.51. The zero-order chi connectivity index (χ0) is 21.5. The number of halogens is 1. The fourth-order valence-corrected chi connectivity index (χ4v) is 3.51. The van der Waals surface area contributed by atoms with E-state index in [9.17, 15) is 4.79 Å². The second kappa shape index (κ2) is 10.3. The van der Waals surface area contributed by atoms with Crippen LogP contribution in [0.15, 0.2) is 60.4 Å². The van der Waals surface area contributed by atoms with E-state index in [1.54, 1.807) is 18.2 Å². The van der Waals surface area contributed by atoms with Crippen molar-refractivity contribution in [3.63, 3.8) is 0 Å². The Morgan fingerprint density at radius 3 is 2.73 bits per heavy atom. The topological polar surface area (TPSA) is 81.9 Å². The zero-order valence-electron chi connectivity index (χ0n) is 16.7. The predicted octanol–water partition coefficient (Wildman–Crippen LogP) is 4.69. The van der Waals surface area contributed by atoms with Gasteiger partial charge in [0.05, 0.1) is 10.8 Å². The number of nitrogens with one attached hydrogen (secondary N) is 1. The minimum Gasteiger partial charge on any atom is -0.483 e. The molecule has 1 atom stereocenters. The first-order valence-electron chi connectivity index (χ1n) is 9.27. The van der Waals surface area contributed by atoms with Gasteiger partial charge >= 0.3 is 0 Å². The molecule has 0 fully saturated rings. The molecule has 0 saturated carbocycles. The van der Waals surface area contributed by atoms with E-state index in [-0.39, 0.29) is 17.8 Å². The number of nitrogens with zero attached hydrogens (tertiary/aromatic N) is 4. The number of pyridine rings is 1. The molecule has 7 nitrogen and oxygen atoms in total. The third kappa shape index (κ3) is 5.84. The molecule has 3 rings (SSSR count). The van der Waals surface area contributed by atoms with Gasteiger partial charge in [0, 0.05) is 12.7 Å². The number of allylic oxidation sites excluding steroid dienone is 1. The van der Waals surface area contributed by atoms with Crippen molar-refractivity contribution in [3.05, 3.63) is 71.7 Å². The van der Waals surface area contributed by atoms with Crippen molar-refractivity contribution in [1.82, 2.24) is 19.7 Å². The number of anilines is 1. The molecule has 30 heavy (non-hydrogen) atoms. The van der Waals surface area contributed by atoms with Gasteiger partial charge in [0.1, 0.15) is 11.6 Å². The van der Waals surface area contributed by atoms with E-state index in [2.05, 4.69) is 27.1 Å². The quantitative estimate of drug-likeness (QED) is 0.381. The van der Waals surface area contributed by atoms with Crippen LogP contribution in [-0.4, -0.2) is 31.4 Å². The van der Waals surface area contributed by atoms with Crippen LogP contribution in [0.25, 0.3) is 0 Å². The number of aromatic nitrogens is 4. The molecule has 2 heterocycles. The SMILES string of the molecule is C=CCn1c(SCC(=O)Nc2ccc(Cl)cn2)nnc1C(C)Oc1ccc(C)cc1. The average molecular weight is 444 g/mol. The number of rotatable bonds is 9. The lowest BCUT2D eigenvalue weighted by Crippen LogP contribution is -2.16. The molecule has 0 aliphatic carbocycles. The highest BCUT2D eigenvalue weighted by Crippen LogP contribution is 2.25. The minimum atomic E-state index is -0.318. The summed E-state index contributed by atoms with van der Waals surface area (Å²) in [6.45, 7) is 8.25. The molecule has 0 spiro atoms. The van der Waals surface area contributed by atoms with Crippen LogP contribution in [0.2, 0.25) is 5.02 Å². The molecule has 2 aromatic heterocycles. The van der Waals surface area contributed by atoms with Gasteiger partial charge < -0.3 is 10.1 Å². The van der Waals surface area contributed by atoms with Crippen molar-refractivity contribution in [2.24, 2.45) is 0 Å². The van der Waals surface area contributed by atoms with Crippen LogP contribution < -0.4 is 10.1 Å². The van der Waals surface area contributed by atoms with Crippen LogP contribution in [0.5, 0.6) is 5.75 Å². The number of carbonyl (C=O) groups is 1. The van der Waals surface area contributed by atoms with Gasteiger partial charge in [-0.15, -0.1) is 16.8 Å². The first-order chi connectivity index (χ1) is 14.5. The summed E-state index contributed by atoms with van der Waals surface area (Å²) in [6, 6.07) is 11.1. The summed E-state index contributed by atoms with van der Waals surface area (Å²) in [7, 11) is 0. The zero-order valence-corrected chi connectivity index (χ0v) is 18.3. The van der Waals surface area contributed by atoms with E-state index in [1.165, 1.54) is 18.0 Å². The van der Waals surface area contributed by atoms with Crippen molar-refractivity contribution < 1.29 is 9.53 Å². The number of aryl methyl sites for hydroxylation is 1. The van der Waals surface area contributed by atoms with Crippen LogP contribution in [0, 0.1) is 6.92 Å². The molecule has 1 N–H and O–H groups in total. The lowest BCUT2D eigenvalue weighted by molar-refractivity contribution is -0.113. The molecular formula is C21H22ClN5O2S. The lowest BCUT2D eigenvalue weighted by atomic mass is 10.2. The maximum atomic E-state index is 12.2. The van der Waals surface area contributed by atoms with Crippen molar-refractivity contribution in [1.29, 1.82) is 0 Å². The number of carbonyl (C=O) groups excluding carboxylic acids is 1. The first-order valence-corrected chi connectivity index (χ1v) is 10.6. The Labute approximate surface area is 184 Å². The standard InChI is InChI=1S/C21H22ClN5O2S/c1-4-11-27-20(15(3)29-17-8-5-14(2)6-9-17)25-26-21(27)30-13-19(28)24-18-10-7-16(22)12-23-18/h4-10,12,15H,1,11,13H2,2-3H3,(H,23,24,28). The van der Waals surface area contributed by atoms with Crippen LogP contribution in [-0.2, 0) is 11.3 Å². The number of hydrogen-bond acceptors (Lipinski definition) is 6. The molecule has 0 saturated heterocycles. The summed E-state index contributed by atoms with van der Waals surface area (Å²) in [5.41, 5.74) is 1.16. The van der Waals surface area contributed by atoms with E-state index < -0.39 is 0 Å². The smallest absolute Gasteiger partial charge is 0.236 e. The largest absolute Gasteiger partial charge is 0.483 e. The maximum Gasteiger partial charge on any atom is 0.236 e. The number of benzene rings is 1. The van der Waals surface area contributed by atoms with E-state index in [4.69, 9.17) is 16.3 Å². The first kappa shape index (κ1) is 21.9. The van der Waals surface area contributed by atoms with Gasteiger partial charge in [-0.1, -0.05) is 47.1 Å². The van der Waals surface area contributed by atoms with Crippen LogP contribution in [0.3, 0.4) is 0 Å². The summed E-state index contributed by atoms with van der Waals surface area (Å²) in [6.07, 6.45) is 2.92. The molecule has 9 heteroatoms. The fraction of sp³-hybridized carbons (Fsp3) is 0.238. The van der Waals surface area contributed by atoms with Gasteiger partial charge in [0.25, 0.3) is 0 Å². The number of amides is 1. The molecule has 156 valence electrons. The minimum absolute atomic E-state index is 0.160. The van der Waals surface area contributed by atoms with Gasteiger partial charge in [-0.05, 0) is 38.1 Å². The molecule has 0 aliphatic heterocycles. The molecule has 0 aliphatic rings. The van der Waals surface area contributed by atoms with Crippen molar-refractivity contribution in [3.8, 4) is 5.75 Å². The van der Waals surface area contributed by atoms with Gasteiger partial charge in [0.15, 0.2) is 17.1 Å². The van der Waals surface area contributed by atoms with Gasteiger partial charge in [-0.25, -0.2) is 4.98 Å². The predicted molar refractivity (Wildman–Crippen MR) is 119 cm³/mol. The summed E-state index contributed by atoms with van der Waals surface area (Å²) in [4.78, 5) is 16.3. The Morgan fingerprint density at radius 1 is 1.30 bits per heavy atom. The molecule has 1 aromatic carbocycles. The third-order valence-corrected chi connectivity index (χ3v) is 5.27. The average Bonchev–Trinajstić information content (AvgIpc) is 3.13. The Bertz CT molecular complexity index is 1010. The monoisotopic (exact) mass is 443 g/mol. The fourth-order valence-electron chi connectivity index (χ4n) is 2.64. The molecular weight excluding hydrogens is 422 g/mol. The highest BCUT2D eigenvalue weighted by Gasteiger charge is 2.20. The summed E-state index contributed by atoms with van der Waals surface area (Å²) in [5.74, 6) is 1.82. The summed E-state index contributed by atoms with van der Waals surface area (Å²) >= 11 is 7.09. The number of ether oxygens (including phenoxy) is 1. The highest BCUT2D eigenvalue weighted by molar-refractivity contribution is 7.99. The Morgan fingerprint density at radius 2 is 2.07 bits per heavy atom. The van der Waals surface area contributed by atoms with Crippen molar-refractivity contribution >= 4 is 35.1 Å². The van der Waals surface area contributed by atoms with E-state index in [0.29, 0.717) is 28.4 Å². The maximum absolute atomic E-state index is 12.2. The Kier molecular flexibility index (Phi) is 7.48. The van der Waals surface area contributed by atoms with Gasteiger partial charge in [-0.3, -0.25) is 9.36 Å². The van der Waals surface area contributed by atoms with E-state index in [1.807, 2.05) is 42.7 Å². The Hall–Kier alpha value is -2.84. The van der Waals surface area contributed by atoms with Crippen LogP contribution in [0.4, 0.5) is 5.82 Å². The molecule has 1 unspecified atom stereocenters. The van der Waals surface area contributed by atoms with E-state index in [0.717, 1.165) is 11.3 Å². The summed E-state index contributed by atoms with van der Waals surface area (Å²) < 4.78 is 7.90. The molecule has 1 amide bonds. The van der Waals surface area contributed by atoms with Gasteiger partial charge in [-0.2, -0.15) is 0 Å². The second-order valence-corrected chi connectivity index (χ2v) is 7.89. The van der Waals surface area contributed by atoms with Gasteiger partial charge in [0.2, 0.25) is 5.91 Å². The third-order valence-electron chi connectivity index (χ3n) is 4.08. The van der Waals surface area contributed by atoms with E-state index >= 15 is 0 Å². The number of hydrogen-bond donors (Lipinski definition) is 1. The summed E-state index contributed by atoms with van der Waals surface area (Å²) in [5, 5.41) is 12.4. The van der Waals surface area contributed by atoms with Crippen LogP contribution >= 0.6 is 23.4 Å². The van der Waals surface area contributed by atoms with Crippen LogP contribution in [0.1, 0.15) is 24.4 Å². The van der Waals surface area contributed by atoms with Crippen molar-refractivity contribution in [2.45, 2.75) is 31.7 Å². The molecule has 0 bridgehead atoms. The normalized spacial score (nSPS) is 11.7.